The van der Waals surface area contributed by atoms with Gasteiger partial charge in [0.2, 0.25) is 0 Å². The van der Waals surface area contributed by atoms with Gasteiger partial charge in [0.15, 0.2) is 0 Å². The van der Waals surface area contributed by atoms with E-state index in [1.807, 2.05) is 6.07 Å². The number of rotatable bonds is 6. The van der Waals surface area contributed by atoms with E-state index >= 15 is 0 Å². The SMILES string of the molecule is CCC1(CNCc2ccc([N+](=O)[O-])s2)CCCC1. The Morgan fingerprint density at radius 2 is 2.17 bits per heavy atom. The molecule has 0 unspecified atom stereocenters. The summed E-state index contributed by atoms with van der Waals surface area (Å²) in [6.45, 7) is 4.05. The molecule has 5 heteroatoms. The Kier molecular flexibility index (Phi) is 4.35. The number of nitrogens with zero attached hydrogens (tertiary/aromatic N) is 1. The molecule has 0 aromatic carbocycles. The van der Waals surface area contributed by atoms with Crippen molar-refractivity contribution in [1.29, 1.82) is 0 Å². The Bertz CT molecular complexity index is 411. The molecular formula is C13H20N2O2S. The molecule has 1 saturated carbocycles. The summed E-state index contributed by atoms with van der Waals surface area (Å²) in [6.07, 6.45) is 6.56. The molecule has 1 N–H and O–H groups in total. The zero-order valence-corrected chi connectivity index (χ0v) is 11.6. The van der Waals surface area contributed by atoms with Gasteiger partial charge in [-0.2, -0.15) is 0 Å². The van der Waals surface area contributed by atoms with E-state index in [1.54, 1.807) is 6.07 Å². The van der Waals surface area contributed by atoms with Crippen molar-refractivity contribution in [1.82, 2.24) is 5.32 Å². The lowest BCUT2D eigenvalue weighted by atomic mass is 9.83. The van der Waals surface area contributed by atoms with E-state index in [0.717, 1.165) is 18.0 Å². The predicted octanol–water partition coefficient (Wildman–Crippen LogP) is 3.72. The summed E-state index contributed by atoms with van der Waals surface area (Å²) in [5, 5.41) is 14.3. The molecule has 1 aliphatic carbocycles. The number of nitrogens with one attached hydrogen (secondary N) is 1. The zero-order chi connectivity index (χ0) is 13.0. The molecule has 1 fully saturated rings. The highest BCUT2D eigenvalue weighted by atomic mass is 32.1. The van der Waals surface area contributed by atoms with Crippen LogP contribution in [0.3, 0.4) is 0 Å². The van der Waals surface area contributed by atoms with Crippen LogP contribution in [0.4, 0.5) is 5.00 Å². The Labute approximate surface area is 112 Å². The standard InChI is InChI=1S/C13H20N2O2S/c1-2-13(7-3-4-8-13)10-14-9-11-5-6-12(18-11)15(16)17/h5-6,14H,2-4,7-10H2,1H3. The minimum Gasteiger partial charge on any atom is -0.311 e. The first-order chi connectivity index (χ1) is 8.65. The van der Waals surface area contributed by atoms with E-state index in [-0.39, 0.29) is 9.92 Å². The average Bonchev–Trinajstić information content (AvgIpc) is 2.98. The van der Waals surface area contributed by atoms with Crippen molar-refractivity contribution in [3.8, 4) is 0 Å². The van der Waals surface area contributed by atoms with Crippen LogP contribution in [0.15, 0.2) is 12.1 Å². The van der Waals surface area contributed by atoms with Crippen molar-refractivity contribution in [2.75, 3.05) is 6.54 Å². The minimum absolute atomic E-state index is 0.234. The van der Waals surface area contributed by atoms with E-state index in [1.165, 1.54) is 43.4 Å². The fourth-order valence-electron chi connectivity index (χ4n) is 2.79. The predicted molar refractivity (Wildman–Crippen MR) is 73.9 cm³/mol. The molecule has 4 nitrogen and oxygen atoms in total. The minimum atomic E-state index is -0.321. The zero-order valence-electron chi connectivity index (χ0n) is 10.8. The number of nitro groups is 1. The lowest BCUT2D eigenvalue weighted by Crippen LogP contribution is -2.31. The second kappa shape index (κ2) is 5.80. The van der Waals surface area contributed by atoms with Gasteiger partial charge in [-0.25, -0.2) is 0 Å². The largest absolute Gasteiger partial charge is 0.324 e. The van der Waals surface area contributed by atoms with Crippen molar-refractivity contribution < 1.29 is 4.92 Å². The third kappa shape index (κ3) is 3.09. The highest BCUT2D eigenvalue weighted by Crippen LogP contribution is 2.40. The molecule has 100 valence electrons. The van der Waals surface area contributed by atoms with Crippen LogP contribution < -0.4 is 5.32 Å². The number of hydrogen-bond donors (Lipinski definition) is 1. The van der Waals surface area contributed by atoms with Gasteiger partial charge in [-0.15, -0.1) is 0 Å². The topological polar surface area (TPSA) is 55.2 Å². The molecule has 0 atom stereocenters. The van der Waals surface area contributed by atoms with E-state index in [0.29, 0.717) is 5.41 Å². The summed E-state index contributed by atoms with van der Waals surface area (Å²) in [7, 11) is 0. The lowest BCUT2D eigenvalue weighted by molar-refractivity contribution is -0.380. The van der Waals surface area contributed by atoms with Crippen LogP contribution in [-0.2, 0) is 6.54 Å². The second-order valence-electron chi connectivity index (χ2n) is 5.16. The first-order valence-corrected chi connectivity index (χ1v) is 7.41. The Morgan fingerprint density at radius 3 is 2.72 bits per heavy atom. The van der Waals surface area contributed by atoms with Gasteiger partial charge < -0.3 is 5.32 Å². The molecule has 0 aliphatic heterocycles. The van der Waals surface area contributed by atoms with Crippen LogP contribution in [0.1, 0.15) is 43.9 Å². The molecule has 0 amide bonds. The van der Waals surface area contributed by atoms with Gasteiger partial charge in [0.25, 0.3) is 0 Å². The van der Waals surface area contributed by atoms with Crippen molar-refractivity contribution in [2.24, 2.45) is 5.41 Å². The maximum Gasteiger partial charge on any atom is 0.324 e. The Balaban J connectivity index is 1.82. The van der Waals surface area contributed by atoms with Crippen LogP contribution in [0, 0.1) is 15.5 Å². The molecule has 1 aliphatic rings. The van der Waals surface area contributed by atoms with Gasteiger partial charge in [0.05, 0.1) is 4.92 Å². The van der Waals surface area contributed by atoms with E-state index in [9.17, 15) is 10.1 Å². The van der Waals surface area contributed by atoms with Crippen molar-refractivity contribution in [3.05, 3.63) is 27.1 Å². The maximum atomic E-state index is 10.6. The molecule has 0 radical (unpaired) electrons. The maximum absolute atomic E-state index is 10.6. The number of thiophene rings is 1. The van der Waals surface area contributed by atoms with Crippen LogP contribution in [0.25, 0.3) is 0 Å². The molecule has 18 heavy (non-hydrogen) atoms. The fraction of sp³-hybridized carbons (Fsp3) is 0.692. The van der Waals surface area contributed by atoms with Gasteiger partial charge in [0, 0.05) is 24.0 Å². The monoisotopic (exact) mass is 268 g/mol. The summed E-state index contributed by atoms with van der Waals surface area (Å²) in [5.74, 6) is 0. The fourth-order valence-corrected chi connectivity index (χ4v) is 3.58. The van der Waals surface area contributed by atoms with Gasteiger partial charge in [-0.3, -0.25) is 10.1 Å². The molecule has 1 heterocycles. The third-order valence-corrected chi connectivity index (χ3v) is 5.08. The van der Waals surface area contributed by atoms with Crippen LogP contribution >= 0.6 is 11.3 Å². The van der Waals surface area contributed by atoms with Crippen molar-refractivity contribution >= 4 is 16.3 Å². The molecule has 1 aromatic heterocycles. The molecule has 2 rings (SSSR count). The van der Waals surface area contributed by atoms with Gasteiger partial charge in [-0.1, -0.05) is 31.1 Å². The van der Waals surface area contributed by atoms with E-state index in [4.69, 9.17) is 0 Å². The first-order valence-electron chi connectivity index (χ1n) is 6.59. The summed E-state index contributed by atoms with van der Waals surface area (Å²) < 4.78 is 0. The summed E-state index contributed by atoms with van der Waals surface area (Å²) in [6, 6.07) is 3.44. The van der Waals surface area contributed by atoms with Crippen LogP contribution in [0.2, 0.25) is 0 Å². The summed E-state index contributed by atoms with van der Waals surface area (Å²) in [4.78, 5) is 11.3. The smallest absolute Gasteiger partial charge is 0.311 e. The molecular weight excluding hydrogens is 248 g/mol. The molecule has 0 bridgehead atoms. The van der Waals surface area contributed by atoms with E-state index in [2.05, 4.69) is 12.2 Å². The highest BCUT2D eigenvalue weighted by molar-refractivity contribution is 7.15. The van der Waals surface area contributed by atoms with Crippen molar-refractivity contribution in [3.63, 3.8) is 0 Å². The van der Waals surface area contributed by atoms with Gasteiger partial charge >= 0.3 is 5.00 Å². The Morgan fingerprint density at radius 1 is 1.44 bits per heavy atom. The lowest BCUT2D eigenvalue weighted by Gasteiger charge is -2.27. The molecule has 1 aromatic rings. The van der Waals surface area contributed by atoms with Crippen LogP contribution in [-0.4, -0.2) is 11.5 Å². The molecule has 0 saturated heterocycles. The third-order valence-electron chi connectivity index (χ3n) is 4.04. The highest BCUT2D eigenvalue weighted by Gasteiger charge is 2.31. The number of hydrogen-bond acceptors (Lipinski definition) is 4. The summed E-state index contributed by atoms with van der Waals surface area (Å²) >= 11 is 1.27. The van der Waals surface area contributed by atoms with Crippen molar-refractivity contribution in [2.45, 2.75) is 45.6 Å². The van der Waals surface area contributed by atoms with Gasteiger partial charge in [0.1, 0.15) is 0 Å². The Hall–Kier alpha value is -0.940. The first kappa shape index (κ1) is 13.5. The quantitative estimate of drug-likeness (QED) is 0.632. The summed E-state index contributed by atoms with van der Waals surface area (Å²) in [5.41, 5.74) is 0.475. The normalized spacial score (nSPS) is 18.1. The molecule has 0 spiro atoms. The average molecular weight is 268 g/mol. The van der Waals surface area contributed by atoms with E-state index < -0.39 is 0 Å². The second-order valence-corrected chi connectivity index (χ2v) is 6.31. The van der Waals surface area contributed by atoms with Gasteiger partial charge in [-0.05, 0) is 30.7 Å². The van der Waals surface area contributed by atoms with Crippen LogP contribution in [0.5, 0.6) is 0 Å².